The van der Waals surface area contributed by atoms with Crippen molar-refractivity contribution in [3.8, 4) is 0 Å². The van der Waals surface area contributed by atoms with Gasteiger partial charge in [-0.25, -0.2) is 14.4 Å². The summed E-state index contributed by atoms with van der Waals surface area (Å²) in [7, 11) is 0. The van der Waals surface area contributed by atoms with Crippen LogP contribution in [0.1, 0.15) is 5.69 Å². The van der Waals surface area contributed by atoms with E-state index < -0.39 is 5.82 Å². The average molecular weight is 228 g/mol. The zero-order valence-electron chi connectivity index (χ0n) is 7.54. The van der Waals surface area contributed by atoms with Crippen LogP contribution in [0, 0.1) is 5.82 Å². The van der Waals surface area contributed by atoms with Crippen LogP contribution in [0.4, 0.5) is 10.2 Å². The Kier molecular flexibility index (Phi) is 2.77. The molecule has 2 rings (SSSR count). The van der Waals surface area contributed by atoms with Crippen LogP contribution >= 0.6 is 11.6 Å². The van der Waals surface area contributed by atoms with Gasteiger partial charge in [0, 0.05) is 6.20 Å². The molecule has 2 heterocycles. The van der Waals surface area contributed by atoms with E-state index in [1.54, 1.807) is 12.5 Å². The maximum Gasteiger partial charge on any atom is 0.224 e. The molecule has 0 saturated heterocycles. The van der Waals surface area contributed by atoms with Crippen LogP contribution in [0.15, 0.2) is 18.7 Å². The number of rotatable bonds is 3. The molecule has 0 aliphatic rings. The van der Waals surface area contributed by atoms with Crippen molar-refractivity contribution in [1.29, 1.82) is 0 Å². The Labute approximate surface area is 89.7 Å². The number of nitrogens with zero attached hydrogens (tertiary/aromatic N) is 3. The predicted molar refractivity (Wildman–Crippen MR) is 52.9 cm³/mol. The van der Waals surface area contributed by atoms with Crippen LogP contribution < -0.4 is 5.32 Å². The summed E-state index contributed by atoms with van der Waals surface area (Å²) < 4.78 is 13.1. The van der Waals surface area contributed by atoms with E-state index in [9.17, 15) is 4.39 Å². The fourth-order valence-corrected chi connectivity index (χ4v) is 1.16. The van der Waals surface area contributed by atoms with Gasteiger partial charge in [0.05, 0.1) is 24.8 Å². The molecule has 78 valence electrons. The maximum atomic E-state index is 13.1. The molecule has 0 aliphatic heterocycles. The topological polar surface area (TPSA) is 66.5 Å². The summed E-state index contributed by atoms with van der Waals surface area (Å²) >= 11 is 5.53. The van der Waals surface area contributed by atoms with Crippen LogP contribution in [0.2, 0.25) is 5.28 Å². The van der Waals surface area contributed by atoms with Gasteiger partial charge in [-0.2, -0.15) is 4.98 Å². The van der Waals surface area contributed by atoms with Gasteiger partial charge in [-0.3, -0.25) is 0 Å². The molecule has 0 aromatic carbocycles. The SMILES string of the molecule is Fc1cnc(Cl)nc1NCc1cnc[nH]1. The standard InChI is InChI=1S/C8H7ClFN5/c9-8-13-3-6(10)7(15-8)12-2-5-1-11-4-14-5/h1,3-4H,2H2,(H,11,14)(H,12,13,15). The van der Waals surface area contributed by atoms with Crippen molar-refractivity contribution >= 4 is 17.4 Å². The molecule has 0 spiro atoms. The minimum absolute atomic E-state index is 0.00325. The first-order valence-electron chi connectivity index (χ1n) is 4.15. The Bertz CT molecular complexity index is 444. The van der Waals surface area contributed by atoms with E-state index in [0.717, 1.165) is 11.9 Å². The summed E-state index contributed by atoms with van der Waals surface area (Å²) in [5.74, 6) is -0.469. The third-order valence-electron chi connectivity index (χ3n) is 1.72. The summed E-state index contributed by atoms with van der Waals surface area (Å²) in [6, 6.07) is 0. The van der Waals surface area contributed by atoms with Crippen LogP contribution in [0.5, 0.6) is 0 Å². The molecule has 0 aliphatic carbocycles. The fraction of sp³-hybridized carbons (Fsp3) is 0.125. The number of nitrogens with one attached hydrogen (secondary N) is 2. The summed E-state index contributed by atoms with van der Waals surface area (Å²) in [6.45, 7) is 0.393. The lowest BCUT2D eigenvalue weighted by Crippen LogP contribution is -2.04. The highest BCUT2D eigenvalue weighted by molar-refractivity contribution is 6.28. The van der Waals surface area contributed by atoms with E-state index in [4.69, 9.17) is 11.6 Å². The minimum Gasteiger partial charge on any atom is -0.362 e. The highest BCUT2D eigenvalue weighted by atomic mass is 35.5. The van der Waals surface area contributed by atoms with E-state index in [1.165, 1.54) is 0 Å². The second-order valence-electron chi connectivity index (χ2n) is 2.77. The molecular formula is C8H7ClFN5. The Hall–Kier alpha value is -1.69. The molecule has 2 aromatic rings. The molecule has 7 heteroatoms. The Balaban J connectivity index is 2.07. The molecule has 0 atom stereocenters. The van der Waals surface area contributed by atoms with Crippen molar-refractivity contribution in [2.45, 2.75) is 6.54 Å². The molecule has 0 radical (unpaired) electrons. The highest BCUT2D eigenvalue weighted by Gasteiger charge is 2.05. The largest absolute Gasteiger partial charge is 0.362 e. The number of hydrogen-bond donors (Lipinski definition) is 2. The highest BCUT2D eigenvalue weighted by Crippen LogP contribution is 2.12. The summed E-state index contributed by atoms with van der Waals surface area (Å²) in [4.78, 5) is 13.9. The lowest BCUT2D eigenvalue weighted by molar-refractivity contribution is 0.616. The van der Waals surface area contributed by atoms with Crippen LogP contribution in [-0.4, -0.2) is 19.9 Å². The second kappa shape index (κ2) is 4.22. The van der Waals surface area contributed by atoms with E-state index in [2.05, 4.69) is 25.3 Å². The third kappa shape index (κ3) is 2.41. The summed E-state index contributed by atoms with van der Waals surface area (Å²) in [5.41, 5.74) is 0.823. The van der Waals surface area contributed by atoms with Crippen LogP contribution in [-0.2, 0) is 6.54 Å². The number of aromatic nitrogens is 4. The van der Waals surface area contributed by atoms with Crippen molar-refractivity contribution in [3.05, 3.63) is 35.5 Å². The van der Waals surface area contributed by atoms with Gasteiger partial charge in [-0.05, 0) is 11.6 Å². The zero-order valence-corrected chi connectivity index (χ0v) is 8.29. The number of aromatic amines is 1. The van der Waals surface area contributed by atoms with Crippen molar-refractivity contribution in [3.63, 3.8) is 0 Å². The number of imidazole rings is 1. The molecule has 0 bridgehead atoms. The third-order valence-corrected chi connectivity index (χ3v) is 1.90. The Morgan fingerprint density at radius 1 is 1.47 bits per heavy atom. The van der Waals surface area contributed by atoms with Crippen molar-refractivity contribution in [2.75, 3.05) is 5.32 Å². The van der Waals surface area contributed by atoms with E-state index in [0.29, 0.717) is 6.54 Å². The number of H-pyrrole nitrogens is 1. The van der Waals surface area contributed by atoms with E-state index >= 15 is 0 Å². The zero-order chi connectivity index (χ0) is 10.7. The Morgan fingerprint density at radius 2 is 2.33 bits per heavy atom. The second-order valence-corrected chi connectivity index (χ2v) is 3.10. The van der Waals surface area contributed by atoms with Crippen molar-refractivity contribution in [1.82, 2.24) is 19.9 Å². The summed E-state index contributed by atoms with van der Waals surface area (Å²) in [5, 5.41) is 2.78. The van der Waals surface area contributed by atoms with Gasteiger partial charge < -0.3 is 10.3 Å². The first kappa shape index (κ1) is 9.85. The molecule has 5 nitrogen and oxygen atoms in total. The summed E-state index contributed by atoms with van der Waals surface area (Å²) in [6.07, 6.45) is 4.19. The van der Waals surface area contributed by atoms with Gasteiger partial charge in [0.2, 0.25) is 5.28 Å². The van der Waals surface area contributed by atoms with Gasteiger partial charge in [0.25, 0.3) is 0 Å². The van der Waals surface area contributed by atoms with E-state index in [-0.39, 0.29) is 11.1 Å². The normalized spacial score (nSPS) is 10.3. The maximum absolute atomic E-state index is 13.1. The monoisotopic (exact) mass is 227 g/mol. The quantitative estimate of drug-likeness (QED) is 0.782. The molecule has 0 saturated carbocycles. The average Bonchev–Trinajstić information content (AvgIpc) is 2.72. The first-order valence-corrected chi connectivity index (χ1v) is 4.52. The minimum atomic E-state index is -0.543. The van der Waals surface area contributed by atoms with E-state index in [1.807, 2.05) is 0 Å². The number of anilines is 1. The lowest BCUT2D eigenvalue weighted by Gasteiger charge is -2.04. The first-order chi connectivity index (χ1) is 7.25. The van der Waals surface area contributed by atoms with Gasteiger partial charge in [-0.15, -0.1) is 0 Å². The fourth-order valence-electron chi connectivity index (χ4n) is 1.03. The number of halogens is 2. The van der Waals surface area contributed by atoms with Crippen LogP contribution in [0.3, 0.4) is 0 Å². The molecule has 15 heavy (non-hydrogen) atoms. The van der Waals surface area contributed by atoms with Gasteiger partial charge >= 0.3 is 0 Å². The molecule has 2 N–H and O–H groups in total. The molecule has 0 unspecified atom stereocenters. The molecule has 2 aromatic heterocycles. The van der Waals surface area contributed by atoms with Crippen molar-refractivity contribution < 1.29 is 4.39 Å². The van der Waals surface area contributed by atoms with Crippen LogP contribution in [0.25, 0.3) is 0 Å². The molecular weight excluding hydrogens is 221 g/mol. The van der Waals surface area contributed by atoms with Gasteiger partial charge in [0.1, 0.15) is 0 Å². The smallest absolute Gasteiger partial charge is 0.224 e. The lowest BCUT2D eigenvalue weighted by atomic mass is 10.4. The number of hydrogen-bond acceptors (Lipinski definition) is 4. The van der Waals surface area contributed by atoms with Crippen molar-refractivity contribution in [2.24, 2.45) is 0 Å². The molecule has 0 fully saturated rings. The van der Waals surface area contributed by atoms with Gasteiger partial charge in [-0.1, -0.05) is 0 Å². The molecule has 0 amide bonds. The van der Waals surface area contributed by atoms with Gasteiger partial charge in [0.15, 0.2) is 11.6 Å². The Morgan fingerprint density at radius 3 is 3.07 bits per heavy atom. The predicted octanol–water partition coefficient (Wildman–Crippen LogP) is 1.60.